The second kappa shape index (κ2) is 6.26. The van der Waals surface area contributed by atoms with Crippen LogP contribution in [-0.4, -0.2) is 43.2 Å². The lowest BCUT2D eigenvalue weighted by molar-refractivity contribution is 0.0549. The number of furan rings is 1. The molecule has 5 rings (SSSR count). The molecule has 0 saturated carbocycles. The molecule has 9 nitrogen and oxygen atoms in total. The van der Waals surface area contributed by atoms with Gasteiger partial charge in [0, 0.05) is 12.8 Å². The second-order valence-electron chi connectivity index (χ2n) is 6.24. The molecule has 1 saturated heterocycles. The van der Waals surface area contributed by atoms with Crippen LogP contribution in [0.3, 0.4) is 0 Å². The van der Waals surface area contributed by atoms with Gasteiger partial charge in [0.25, 0.3) is 0 Å². The molecule has 0 bridgehead atoms. The first-order chi connectivity index (χ1) is 12.9. The van der Waals surface area contributed by atoms with Crippen LogP contribution in [0.5, 0.6) is 0 Å². The minimum atomic E-state index is 0.276. The highest BCUT2D eigenvalue weighted by atomic mass is 16.5. The van der Waals surface area contributed by atoms with Gasteiger partial charge in [-0.25, -0.2) is 9.97 Å². The maximum atomic E-state index is 5.54. The molecule has 2 N–H and O–H groups in total. The molecule has 1 unspecified atom stereocenters. The fraction of sp³-hybridized carbons (Fsp3) is 0.294. The summed E-state index contributed by atoms with van der Waals surface area (Å²) in [7, 11) is 0. The molecular formula is C17H17N7O2. The van der Waals surface area contributed by atoms with Crippen LogP contribution in [0.25, 0.3) is 22.4 Å². The molecule has 132 valence electrons. The topological polar surface area (TPSA) is 107 Å². The van der Waals surface area contributed by atoms with Crippen molar-refractivity contribution < 1.29 is 9.15 Å². The van der Waals surface area contributed by atoms with E-state index < -0.39 is 0 Å². The molecule has 1 atom stereocenters. The number of aromatic nitrogens is 6. The summed E-state index contributed by atoms with van der Waals surface area (Å²) in [6.07, 6.45) is 10.8. The molecule has 1 aliphatic heterocycles. The second-order valence-corrected chi connectivity index (χ2v) is 6.24. The predicted octanol–water partition coefficient (Wildman–Crippen LogP) is 2.90. The van der Waals surface area contributed by atoms with Crippen LogP contribution >= 0.6 is 0 Å². The summed E-state index contributed by atoms with van der Waals surface area (Å²) in [5.74, 6) is 1.21. The molecule has 0 amide bonds. The minimum absolute atomic E-state index is 0.276. The lowest BCUT2D eigenvalue weighted by Gasteiger charge is -2.22. The summed E-state index contributed by atoms with van der Waals surface area (Å²) in [5.41, 5.74) is 3.13. The number of fused-ring (bicyclic) bond motifs is 1. The van der Waals surface area contributed by atoms with E-state index in [1.165, 1.54) is 0 Å². The lowest BCUT2D eigenvalue weighted by Crippen LogP contribution is -2.21. The van der Waals surface area contributed by atoms with Crippen molar-refractivity contribution in [2.24, 2.45) is 0 Å². The molecule has 0 aromatic carbocycles. The zero-order chi connectivity index (χ0) is 17.3. The summed E-state index contributed by atoms with van der Waals surface area (Å²) < 4.78 is 12.6. The van der Waals surface area contributed by atoms with Gasteiger partial charge in [-0.05, 0) is 18.9 Å². The first kappa shape index (κ1) is 15.1. The Kier molecular flexibility index (Phi) is 3.64. The molecule has 1 aliphatic rings. The minimum Gasteiger partial charge on any atom is -0.472 e. The molecule has 0 aliphatic carbocycles. The Bertz CT molecular complexity index is 1020. The number of nitrogens with one attached hydrogen (secondary N) is 2. The average molecular weight is 351 g/mol. The quantitative estimate of drug-likeness (QED) is 0.582. The average Bonchev–Trinajstić information content (AvgIpc) is 3.43. The van der Waals surface area contributed by atoms with Crippen molar-refractivity contribution in [1.29, 1.82) is 0 Å². The third-order valence-electron chi connectivity index (χ3n) is 4.45. The zero-order valence-corrected chi connectivity index (χ0v) is 13.9. The third kappa shape index (κ3) is 2.72. The van der Waals surface area contributed by atoms with Gasteiger partial charge in [0.1, 0.15) is 17.3 Å². The monoisotopic (exact) mass is 351 g/mol. The highest BCUT2D eigenvalue weighted by molar-refractivity contribution is 5.88. The van der Waals surface area contributed by atoms with E-state index in [-0.39, 0.29) is 6.04 Å². The normalized spacial score (nSPS) is 17.6. The molecule has 0 spiro atoms. The van der Waals surface area contributed by atoms with E-state index in [4.69, 9.17) is 9.15 Å². The highest BCUT2D eigenvalue weighted by Gasteiger charge is 2.17. The number of H-pyrrole nitrogens is 1. The zero-order valence-electron chi connectivity index (χ0n) is 13.9. The number of rotatable bonds is 4. The van der Waals surface area contributed by atoms with Gasteiger partial charge in [0.15, 0.2) is 11.6 Å². The Morgan fingerprint density at radius 3 is 3.12 bits per heavy atom. The fourth-order valence-corrected chi connectivity index (χ4v) is 3.12. The first-order valence-corrected chi connectivity index (χ1v) is 8.49. The number of aromatic amines is 1. The van der Waals surface area contributed by atoms with Crippen LogP contribution in [0.15, 0.2) is 41.6 Å². The molecule has 5 heterocycles. The van der Waals surface area contributed by atoms with Crippen molar-refractivity contribution in [2.75, 3.05) is 18.5 Å². The number of anilines is 2. The number of nitrogens with zero attached hydrogens (tertiary/aromatic N) is 5. The Balaban J connectivity index is 1.47. The van der Waals surface area contributed by atoms with Crippen LogP contribution in [0.1, 0.15) is 18.9 Å². The van der Waals surface area contributed by atoms with Crippen molar-refractivity contribution in [3.05, 3.63) is 37.2 Å². The van der Waals surface area contributed by atoms with Gasteiger partial charge in [0.05, 0.1) is 42.6 Å². The van der Waals surface area contributed by atoms with Gasteiger partial charge < -0.3 is 14.5 Å². The van der Waals surface area contributed by atoms with E-state index in [0.29, 0.717) is 18.2 Å². The maximum Gasteiger partial charge on any atom is 0.165 e. The molecule has 26 heavy (non-hydrogen) atoms. The van der Waals surface area contributed by atoms with Gasteiger partial charge in [-0.2, -0.15) is 10.2 Å². The molecule has 4 aromatic heterocycles. The fourth-order valence-electron chi connectivity index (χ4n) is 3.12. The Hall–Kier alpha value is -3.20. The van der Waals surface area contributed by atoms with Crippen LogP contribution in [0.4, 0.5) is 11.5 Å². The van der Waals surface area contributed by atoms with E-state index >= 15 is 0 Å². The SMILES string of the molecule is c1cc(-c2nc(Nc3cnn(C4CCCOC4)c3)c3[nH]ncc3n2)co1. The standard InChI is InChI=1S/C17H17N7O2/c1-2-13(10-25-4-1)24-8-12(6-19-24)20-17-15-14(7-18-23-15)21-16(22-17)11-3-5-26-9-11/h3,5-9,13H,1-2,4,10H2,(H,18,23)(H,20,21,22). The van der Waals surface area contributed by atoms with Gasteiger partial charge in [-0.3, -0.25) is 9.78 Å². The molecule has 4 aromatic rings. The summed E-state index contributed by atoms with van der Waals surface area (Å²) in [4.78, 5) is 9.13. The van der Waals surface area contributed by atoms with Gasteiger partial charge in [-0.15, -0.1) is 0 Å². The highest BCUT2D eigenvalue weighted by Crippen LogP contribution is 2.27. The maximum absolute atomic E-state index is 5.54. The number of hydrogen-bond acceptors (Lipinski definition) is 7. The Morgan fingerprint density at radius 2 is 2.27 bits per heavy atom. The summed E-state index contributed by atoms with van der Waals surface area (Å²) in [5, 5.41) is 14.8. The van der Waals surface area contributed by atoms with Gasteiger partial charge in [-0.1, -0.05) is 0 Å². The molecule has 0 radical (unpaired) electrons. The van der Waals surface area contributed by atoms with E-state index in [1.54, 1.807) is 24.9 Å². The molecular weight excluding hydrogens is 334 g/mol. The van der Waals surface area contributed by atoms with E-state index in [2.05, 4.69) is 30.6 Å². The first-order valence-electron chi connectivity index (χ1n) is 8.49. The van der Waals surface area contributed by atoms with E-state index in [9.17, 15) is 0 Å². The van der Waals surface area contributed by atoms with Gasteiger partial charge >= 0.3 is 0 Å². The van der Waals surface area contributed by atoms with E-state index in [0.717, 1.165) is 41.7 Å². The molecule has 9 heteroatoms. The van der Waals surface area contributed by atoms with Crippen LogP contribution < -0.4 is 5.32 Å². The Morgan fingerprint density at radius 1 is 1.27 bits per heavy atom. The summed E-state index contributed by atoms with van der Waals surface area (Å²) in [6.45, 7) is 1.53. The van der Waals surface area contributed by atoms with Crippen molar-refractivity contribution in [2.45, 2.75) is 18.9 Å². The smallest absolute Gasteiger partial charge is 0.165 e. The van der Waals surface area contributed by atoms with E-state index in [1.807, 2.05) is 16.9 Å². The van der Waals surface area contributed by atoms with Crippen molar-refractivity contribution in [1.82, 2.24) is 29.9 Å². The van der Waals surface area contributed by atoms with Crippen LogP contribution in [-0.2, 0) is 4.74 Å². The molecule has 1 fully saturated rings. The van der Waals surface area contributed by atoms with Crippen LogP contribution in [0, 0.1) is 0 Å². The third-order valence-corrected chi connectivity index (χ3v) is 4.45. The predicted molar refractivity (Wildman–Crippen MR) is 94.0 cm³/mol. The van der Waals surface area contributed by atoms with Crippen molar-refractivity contribution in [3.63, 3.8) is 0 Å². The summed E-state index contributed by atoms with van der Waals surface area (Å²) in [6, 6.07) is 2.10. The number of ether oxygens (including phenoxy) is 1. The van der Waals surface area contributed by atoms with Crippen LogP contribution in [0.2, 0.25) is 0 Å². The lowest BCUT2D eigenvalue weighted by atomic mass is 10.1. The largest absolute Gasteiger partial charge is 0.472 e. The van der Waals surface area contributed by atoms with Gasteiger partial charge in [0.2, 0.25) is 0 Å². The Labute approximate surface area is 148 Å². The van der Waals surface area contributed by atoms with Crippen molar-refractivity contribution >= 4 is 22.5 Å². The van der Waals surface area contributed by atoms with Crippen molar-refractivity contribution in [3.8, 4) is 11.4 Å². The summed E-state index contributed by atoms with van der Waals surface area (Å²) >= 11 is 0. The number of hydrogen-bond donors (Lipinski definition) is 2.